The first-order valence-electron chi connectivity index (χ1n) is 6.18. The third kappa shape index (κ3) is 1.65. The number of benzene rings is 1. The van der Waals surface area contributed by atoms with Crippen molar-refractivity contribution in [1.29, 1.82) is 0 Å². The number of aromatic amines is 1. The quantitative estimate of drug-likeness (QED) is 0.561. The molecule has 0 saturated heterocycles. The molecule has 6 heteroatoms. The van der Waals surface area contributed by atoms with Crippen LogP contribution in [0.2, 0.25) is 0 Å². The van der Waals surface area contributed by atoms with Crippen molar-refractivity contribution in [3.05, 3.63) is 35.6 Å². The Morgan fingerprint density at radius 2 is 2.15 bits per heavy atom. The van der Waals surface area contributed by atoms with E-state index in [1.54, 1.807) is 17.5 Å². The third-order valence-corrected chi connectivity index (χ3v) is 4.19. The van der Waals surface area contributed by atoms with Crippen molar-refractivity contribution in [2.75, 3.05) is 5.73 Å². The molecule has 0 amide bonds. The molecular formula is C14H11N5S. The molecule has 0 spiro atoms. The second-order valence-corrected chi connectivity index (χ2v) is 5.84. The highest BCUT2D eigenvalue weighted by atomic mass is 32.1. The van der Waals surface area contributed by atoms with Crippen molar-refractivity contribution in [3.63, 3.8) is 0 Å². The topological polar surface area (TPSA) is 80.5 Å². The molecule has 98 valence electrons. The minimum atomic E-state index is 0.277. The summed E-state index contributed by atoms with van der Waals surface area (Å²) in [7, 11) is 0. The normalized spacial score (nSPS) is 11.4. The van der Waals surface area contributed by atoms with Gasteiger partial charge in [0.15, 0.2) is 0 Å². The molecule has 0 aliphatic rings. The standard InChI is InChI=1S/C14H11N5S/c1-7-18-11-3-2-8(4-12(11)20-7)9-5-16-13-10(9)6-17-14(15)19-13/h2-6H,1H3,(H3,15,16,17,19). The summed E-state index contributed by atoms with van der Waals surface area (Å²) in [6, 6.07) is 6.27. The van der Waals surface area contributed by atoms with Crippen molar-refractivity contribution in [2.45, 2.75) is 6.92 Å². The summed E-state index contributed by atoms with van der Waals surface area (Å²) in [5, 5.41) is 2.05. The highest BCUT2D eigenvalue weighted by Gasteiger charge is 2.09. The van der Waals surface area contributed by atoms with Gasteiger partial charge in [0.1, 0.15) is 5.65 Å². The molecule has 0 unspecified atom stereocenters. The SMILES string of the molecule is Cc1nc2ccc(-c3c[nH]c4nc(N)ncc34)cc2s1. The summed E-state index contributed by atoms with van der Waals surface area (Å²) >= 11 is 1.70. The van der Waals surface area contributed by atoms with E-state index in [4.69, 9.17) is 5.73 Å². The van der Waals surface area contributed by atoms with Crippen LogP contribution in [0.4, 0.5) is 5.95 Å². The van der Waals surface area contributed by atoms with Crippen LogP contribution in [-0.2, 0) is 0 Å². The van der Waals surface area contributed by atoms with Crippen LogP contribution in [0.25, 0.3) is 32.4 Å². The van der Waals surface area contributed by atoms with Crippen LogP contribution in [0.1, 0.15) is 5.01 Å². The zero-order valence-corrected chi connectivity index (χ0v) is 11.5. The number of anilines is 1. The number of nitrogens with one attached hydrogen (secondary N) is 1. The van der Waals surface area contributed by atoms with Gasteiger partial charge in [0.2, 0.25) is 5.95 Å². The largest absolute Gasteiger partial charge is 0.368 e. The van der Waals surface area contributed by atoms with Gasteiger partial charge in [0, 0.05) is 23.3 Å². The van der Waals surface area contributed by atoms with Gasteiger partial charge in [-0.3, -0.25) is 0 Å². The van der Waals surface area contributed by atoms with Crippen molar-refractivity contribution < 1.29 is 0 Å². The number of hydrogen-bond donors (Lipinski definition) is 2. The van der Waals surface area contributed by atoms with Gasteiger partial charge < -0.3 is 10.7 Å². The lowest BCUT2D eigenvalue weighted by Crippen LogP contribution is -1.93. The molecule has 0 bridgehead atoms. The molecule has 0 aliphatic heterocycles. The Labute approximate surface area is 118 Å². The minimum absolute atomic E-state index is 0.277. The monoisotopic (exact) mass is 281 g/mol. The number of nitrogens with zero attached hydrogens (tertiary/aromatic N) is 3. The molecule has 3 heterocycles. The first kappa shape index (κ1) is 11.4. The molecule has 20 heavy (non-hydrogen) atoms. The zero-order valence-electron chi connectivity index (χ0n) is 10.7. The van der Waals surface area contributed by atoms with Crippen molar-refractivity contribution in [2.24, 2.45) is 0 Å². The molecule has 5 nitrogen and oxygen atoms in total. The van der Waals surface area contributed by atoms with E-state index in [0.717, 1.165) is 32.7 Å². The Morgan fingerprint density at radius 3 is 3.05 bits per heavy atom. The highest BCUT2D eigenvalue weighted by Crippen LogP contribution is 2.31. The van der Waals surface area contributed by atoms with Crippen LogP contribution in [0, 0.1) is 6.92 Å². The zero-order chi connectivity index (χ0) is 13.7. The Hall–Kier alpha value is -2.47. The van der Waals surface area contributed by atoms with E-state index in [1.807, 2.05) is 19.2 Å². The lowest BCUT2D eigenvalue weighted by atomic mass is 10.1. The van der Waals surface area contributed by atoms with E-state index in [2.05, 4.69) is 32.1 Å². The predicted molar refractivity (Wildman–Crippen MR) is 81.7 cm³/mol. The molecule has 0 radical (unpaired) electrons. The smallest absolute Gasteiger partial charge is 0.221 e. The fraction of sp³-hybridized carbons (Fsp3) is 0.0714. The van der Waals surface area contributed by atoms with E-state index in [9.17, 15) is 0 Å². The third-order valence-electron chi connectivity index (χ3n) is 3.26. The average molecular weight is 281 g/mol. The van der Waals surface area contributed by atoms with Crippen LogP contribution in [0.3, 0.4) is 0 Å². The maximum Gasteiger partial charge on any atom is 0.221 e. The number of rotatable bonds is 1. The minimum Gasteiger partial charge on any atom is -0.368 e. The van der Waals surface area contributed by atoms with Gasteiger partial charge in [0.05, 0.1) is 15.2 Å². The van der Waals surface area contributed by atoms with E-state index in [1.165, 1.54) is 4.70 Å². The van der Waals surface area contributed by atoms with Crippen LogP contribution in [-0.4, -0.2) is 19.9 Å². The molecule has 0 saturated carbocycles. The molecule has 0 fully saturated rings. The van der Waals surface area contributed by atoms with Crippen molar-refractivity contribution in [1.82, 2.24) is 19.9 Å². The first-order chi connectivity index (χ1) is 9.70. The molecule has 4 rings (SSSR count). The second kappa shape index (κ2) is 4.01. The first-order valence-corrected chi connectivity index (χ1v) is 6.99. The van der Waals surface area contributed by atoms with Gasteiger partial charge in [-0.25, -0.2) is 9.97 Å². The molecule has 3 aromatic heterocycles. The lowest BCUT2D eigenvalue weighted by Gasteiger charge is -1.99. The van der Waals surface area contributed by atoms with Gasteiger partial charge in [-0.2, -0.15) is 4.98 Å². The predicted octanol–water partition coefficient (Wildman–Crippen LogP) is 3.13. The average Bonchev–Trinajstić information content (AvgIpc) is 2.99. The number of hydrogen-bond acceptors (Lipinski definition) is 5. The molecule has 1 aromatic carbocycles. The van der Waals surface area contributed by atoms with Crippen molar-refractivity contribution in [3.8, 4) is 11.1 Å². The Kier molecular flexibility index (Phi) is 2.28. The second-order valence-electron chi connectivity index (χ2n) is 4.61. The molecule has 4 aromatic rings. The number of nitrogens with two attached hydrogens (primary N) is 1. The van der Waals surface area contributed by atoms with E-state index < -0.39 is 0 Å². The van der Waals surface area contributed by atoms with Crippen LogP contribution in [0.5, 0.6) is 0 Å². The van der Waals surface area contributed by atoms with Crippen LogP contribution in [0.15, 0.2) is 30.6 Å². The number of fused-ring (bicyclic) bond motifs is 2. The van der Waals surface area contributed by atoms with Crippen LogP contribution >= 0.6 is 11.3 Å². The van der Waals surface area contributed by atoms with Gasteiger partial charge in [-0.15, -0.1) is 11.3 Å². The summed E-state index contributed by atoms with van der Waals surface area (Å²) < 4.78 is 1.19. The number of aromatic nitrogens is 4. The number of aryl methyl sites for hydroxylation is 1. The van der Waals surface area contributed by atoms with E-state index in [0.29, 0.717) is 0 Å². The summed E-state index contributed by atoms with van der Waals surface area (Å²) in [4.78, 5) is 15.9. The Bertz CT molecular complexity index is 937. The van der Waals surface area contributed by atoms with E-state index in [-0.39, 0.29) is 5.95 Å². The van der Waals surface area contributed by atoms with Crippen LogP contribution < -0.4 is 5.73 Å². The molecule has 0 aliphatic carbocycles. The maximum atomic E-state index is 5.60. The maximum absolute atomic E-state index is 5.60. The number of H-pyrrole nitrogens is 1. The van der Waals surface area contributed by atoms with Gasteiger partial charge in [0.25, 0.3) is 0 Å². The molecule has 0 atom stereocenters. The number of thiazole rings is 1. The van der Waals surface area contributed by atoms with Gasteiger partial charge in [-0.05, 0) is 24.6 Å². The summed E-state index contributed by atoms with van der Waals surface area (Å²) in [6.45, 7) is 2.02. The summed E-state index contributed by atoms with van der Waals surface area (Å²) in [5.74, 6) is 0.277. The summed E-state index contributed by atoms with van der Waals surface area (Å²) in [6.07, 6.45) is 3.69. The Balaban J connectivity index is 1.95. The fourth-order valence-electron chi connectivity index (χ4n) is 2.37. The fourth-order valence-corrected chi connectivity index (χ4v) is 3.23. The van der Waals surface area contributed by atoms with E-state index >= 15 is 0 Å². The van der Waals surface area contributed by atoms with Gasteiger partial charge >= 0.3 is 0 Å². The molecular weight excluding hydrogens is 270 g/mol. The summed E-state index contributed by atoms with van der Waals surface area (Å²) in [5.41, 5.74) is 9.60. The van der Waals surface area contributed by atoms with Crippen molar-refractivity contribution >= 4 is 38.5 Å². The Morgan fingerprint density at radius 1 is 1.25 bits per heavy atom. The molecule has 3 N–H and O–H groups in total. The van der Waals surface area contributed by atoms with Gasteiger partial charge in [-0.1, -0.05) is 6.07 Å². The lowest BCUT2D eigenvalue weighted by molar-refractivity contribution is 1.22. The highest BCUT2D eigenvalue weighted by molar-refractivity contribution is 7.18. The number of nitrogen functional groups attached to an aromatic ring is 1.